The Labute approximate surface area is 330 Å². The van der Waals surface area contributed by atoms with E-state index >= 15 is 0 Å². The van der Waals surface area contributed by atoms with Crippen LogP contribution in [0.1, 0.15) is 33.4 Å². The first kappa shape index (κ1) is 42.0. The second-order valence-corrected chi connectivity index (χ2v) is 14.8. The normalized spacial score (nSPS) is 11.4. The average Bonchev–Trinajstić information content (AvgIpc) is 3.50. The molecule has 0 radical (unpaired) electrons. The van der Waals surface area contributed by atoms with Crippen LogP contribution < -0.4 is 66.0 Å². The van der Waals surface area contributed by atoms with E-state index in [0.717, 1.165) is 0 Å². The van der Waals surface area contributed by atoms with Crippen LogP contribution in [0.15, 0.2) is 111 Å². The van der Waals surface area contributed by atoms with Crippen LogP contribution in [0.5, 0.6) is 11.8 Å². The molecule has 15 heteroatoms. The summed E-state index contributed by atoms with van der Waals surface area (Å²) >= 11 is 0. The average molecular weight is 735 g/mol. The predicted octanol–water partition coefficient (Wildman–Crippen LogP) is 2.31. The third-order valence-electron chi connectivity index (χ3n) is 6.01. The van der Waals surface area contributed by atoms with Crippen LogP contribution in [0.25, 0.3) is 11.0 Å². The number of sulfone groups is 2. The Balaban J connectivity index is 0.000000295. The molecule has 2 aromatic carbocycles. The summed E-state index contributed by atoms with van der Waals surface area (Å²) in [6, 6.07) is 23.2. The largest absolute Gasteiger partial charge is 1.00 e. The minimum atomic E-state index is -3.60. The van der Waals surface area contributed by atoms with Gasteiger partial charge >= 0.3 is 51.4 Å². The molecule has 1 N–H and O–H groups in total. The number of methoxy groups -OCH3 is 2. The van der Waals surface area contributed by atoms with Crippen LogP contribution >= 0.6 is 0 Å². The van der Waals surface area contributed by atoms with Crippen molar-refractivity contribution >= 4 is 42.8 Å². The molecule has 0 spiro atoms. The number of rotatable bonds is 10. The zero-order chi connectivity index (χ0) is 35.4. The molecule has 256 valence electrons. The van der Waals surface area contributed by atoms with Gasteiger partial charge in [0.25, 0.3) is 0 Å². The molecule has 0 fully saturated rings. The molecule has 0 unspecified atom stereocenters. The molecule has 0 aliphatic carbocycles. The SMILES string of the molecule is CC(C)(C)[O-].CCOC=Nc1ccc(OC)nc1CS(=O)(=O)c1ccccc1.COc1ccc2[nH]cc(S(=O)(=O)c3ccccc3)c2n1.[K+]. The van der Waals surface area contributed by atoms with Crippen molar-refractivity contribution in [3.05, 3.63) is 96.8 Å². The monoisotopic (exact) mass is 734 g/mol. The van der Waals surface area contributed by atoms with E-state index < -0.39 is 25.3 Å². The summed E-state index contributed by atoms with van der Waals surface area (Å²) in [4.78, 5) is 16.1. The molecule has 12 nitrogen and oxygen atoms in total. The zero-order valence-corrected chi connectivity index (χ0v) is 33.3. The van der Waals surface area contributed by atoms with Gasteiger partial charge in [-0.2, -0.15) is 0 Å². The Morgan fingerprint density at radius 3 is 1.90 bits per heavy atom. The van der Waals surface area contributed by atoms with Crippen molar-refractivity contribution < 1.29 is 87.5 Å². The third-order valence-corrected chi connectivity index (χ3v) is 9.44. The number of nitrogens with one attached hydrogen (secondary N) is 1. The van der Waals surface area contributed by atoms with Gasteiger partial charge in [0.15, 0.2) is 16.2 Å². The number of hydrogen-bond acceptors (Lipinski definition) is 11. The molecule has 0 amide bonds. The zero-order valence-electron chi connectivity index (χ0n) is 28.6. The Hall–Kier alpha value is -3.15. The first-order valence-corrected chi connectivity index (χ1v) is 17.8. The maximum Gasteiger partial charge on any atom is 1.00 e. The van der Waals surface area contributed by atoms with E-state index in [1.165, 1.54) is 26.8 Å². The fourth-order valence-corrected chi connectivity index (χ4v) is 6.58. The quantitative estimate of drug-likeness (QED) is 0.128. The van der Waals surface area contributed by atoms with Gasteiger partial charge in [0.1, 0.15) is 10.4 Å². The number of H-pyrrole nitrogens is 1. The number of benzene rings is 2. The van der Waals surface area contributed by atoms with Crippen molar-refractivity contribution in [1.29, 1.82) is 0 Å². The fraction of sp³-hybridized carbons (Fsp3) is 0.265. The molecule has 0 aliphatic rings. The van der Waals surface area contributed by atoms with Gasteiger partial charge in [-0.05, 0) is 43.3 Å². The van der Waals surface area contributed by atoms with E-state index in [0.29, 0.717) is 40.8 Å². The predicted molar refractivity (Wildman–Crippen MR) is 182 cm³/mol. The number of aliphatic imine (C=N–C) groups is 1. The summed E-state index contributed by atoms with van der Waals surface area (Å²) in [6.07, 6.45) is 2.74. The first-order valence-electron chi connectivity index (χ1n) is 14.7. The minimum Gasteiger partial charge on any atom is -0.850 e. The van der Waals surface area contributed by atoms with Gasteiger partial charge in [-0.3, -0.25) is 0 Å². The van der Waals surface area contributed by atoms with Crippen LogP contribution in [0.3, 0.4) is 0 Å². The fourth-order valence-electron chi connectivity index (χ4n) is 3.87. The van der Waals surface area contributed by atoms with Crippen molar-refractivity contribution in [2.45, 2.75) is 53.7 Å². The molecule has 0 saturated carbocycles. The molecule has 5 aromatic rings. The van der Waals surface area contributed by atoms with Gasteiger partial charge in [-0.25, -0.2) is 31.8 Å². The van der Waals surface area contributed by atoms with Crippen molar-refractivity contribution in [2.75, 3.05) is 20.8 Å². The summed E-state index contributed by atoms with van der Waals surface area (Å²) in [6.45, 7) is 7.21. The number of aromatic amines is 1. The second-order valence-electron chi connectivity index (χ2n) is 10.9. The van der Waals surface area contributed by atoms with Crippen LogP contribution in [-0.2, 0) is 30.2 Å². The van der Waals surface area contributed by atoms with E-state index in [4.69, 9.17) is 14.2 Å². The van der Waals surface area contributed by atoms with E-state index in [-0.39, 0.29) is 71.8 Å². The van der Waals surface area contributed by atoms with Gasteiger partial charge in [0.05, 0.1) is 53.3 Å². The van der Waals surface area contributed by atoms with E-state index in [9.17, 15) is 21.9 Å². The van der Waals surface area contributed by atoms with Crippen LogP contribution in [0, 0.1) is 0 Å². The number of hydrogen-bond donors (Lipinski definition) is 1. The summed E-state index contributed by atoms with van der Waals surface area (Å²) in [7, 11) is -4.16. The van der Waals surface area contributed by atoms with Gasteiger partial charge in [0, 0.05) is 18.3 Å². The molecule has 3 aromatic heterocycles. The minimum absolute atomic E-state index is 0. The van der Waals surface area contributed by atoms with Crippen molar-refractivity contribution in [3.8, 4) is 11.8 Å². The van der Waals surface area contributed by atoms with Gasteiger partial charge in [0.2, 0.25) is 21.6 Å². The van der Waals surface area contributed by atoms with Crippen LogP contribution in [0.2, 0.25) is 0 Å². The molecule has 0 saturated heterocycles. The van der Waals surface area contributed by atoms with Crippen molar-refractivity contribution in [1.82, 2.24) is 15.0 Å². The van der Waals surface area contributed by atoms with Crippen LogP contribution in [-0.4, -0.2) is 64.6 Å². The van der Waals surface area contributed by atoms with Crippen LogP contribution in [0.4, 0.5) is 5.69 Å². The Morgan fingerprint density at radius 2 is 1.35 bits per heavy atom. The summed E-state index contributed by atoms with van der Waals surface area (Å²) < 4.78 is 65.4. The Kier molecular flexibility index (Phi) is 16.5. The van der Waals surface area contributed by atoms with Gasteiger partial charge in [-0.1, -0.05) is 57.2 Å². The molecular formula is C34H39KN4O8S2. The second kappa shape index (κ2) is 19.3. The molecule has 0 aliphatic heterocycles. The summed E-state index contributed by atoms with van der Waals surface area (Å²) in [5.74, 6) is 0.438. The van der Waals surface area contributed by atoms with E-state index in [2.05, 4.69) is 19.9 Å². The van der Waals surface area contributed by atoms with Gasteiger partial charge < -0.3 is 24.3 Å². The standard InChI is InChI=1S/C16H18N2O4S.C14H12N2O3S.C4H9O.K/c1-3-22-12-17-14-9-10-16(21-2)18-15(14)11-23(19,20)13-7-5-4-6-8-13;1-19-13-8-7-11-14(16-13)12(9-15-11)20(17,18)10-5-3-2-4-6-10;1-4(2,3)5;/h4-10,12H,3,11H2,1-2H3;2-9,15H,1H3;1-3H3;/q;;-1;+1. The Bertz CT molecular complexity index is 2010. The maximum absolute atomic E-state index is 12.6. The third kappa shape index (κ3) is 12.9. The molecular weight excluding hydrogens is 696 g/mol. The molecule has 3 heterocycles. The molecule has 5 rings (SSSR count). The molecule has 0 bridgehead atoms. The van der Waals surface area contributed by atoms with Crippen molar-refractivity contribution in [3.63, 3.8) is 0 Å². The van der Waals surface area contributed by atoms with E-state index in [1.807, 2.05) is 6.92 Å². The maximum atomic E-state index is 12.6. The number of pyridine rings is 2. The topological polar surface area (TPSA) is 173 Å². The Morgan fingerprint density at radius 1 is 0.816 bits per heavy atom. The molecule has 49 heavy (non-hydrogen) atoms. The number of ether oxygens (including phenoxy) is 3. The van der Waals surface area contributed by atoms with E-state index in [1.54, 1.807) is 106 Å². The number of nitrogens with zero attached hydrogens (tertiary/aromatic N) is 3. The summed E-state index contributed by atoms with van der Waals surface area (Å²) in [5, 5.41) is 10.1. The van der Waals surface area contributed by atoms with Crippen molar-refractivity contribution in [2.24, 2.45) is 4.99 Å². The summed E-state index contributed by atoms with van der Waals surface area (Å²) in [5.41, 5.74) is 1.02. The first-order chi connectivity index (χ1) is 22.7. The smallest absolute Gasteiger partial charge is 0.850 e. The number of fused-ring (bicyclic) bond motifs is 1. The number of aromatic nitrogens is 3. The van der Waals surface area contributed by atoms with Gasteiger partial charge in [-0.15, -0.1) is 5.60 Å². The molecule has 0 atom stereocenters.